The van der Waals surface area contributed by atoms with Crippen molar-refractivity contribution in [1.82, 2.24) is 9.78 Å². The van der Waals surface area contributed by atoms with Crippen LogP contribution in [0.3, 0.4) is 0 Å². The maximum atomic E-state index is 12.8. The number of carbonyl (C=O) groups excluding carboxylic acids is 2. The normalized spacial score (nSPS) is 11.9. The van der Waals surface area contributed by atoms with Crippen molar-refractivity contribution in [2.45, 2.75) is 13.1 Å². The highest BCUT2D eigenvalue weighted by atomic mass is 19.4. The van der Waals surface area contributed by atoms with Crippen LogP contribution in [0.25, 0.3) is 5.69 Å². The largest absolute Gasteiger partial charge is 0.466 e. The van der Waals surface area contributed by atoms with Gasteiger partial charge in [0.05, 0.1) is 26.0 Å². The fourth-order valence-corrected chi connectivity index (χ4v) is 2.15. The summed E-state index contributed by atoms with van der Waals surface area (Å²) in [7, 11) is 2.31. The molecule has 0 aliphatic carbocycles. The molecule has 0 aliphatic heterocycles. The van der Waals surface area contributed by atoms with Crippen LogP contribution in [0.5, 0.6) is 0 Å². The number of carbonyl (C=O) groups is 2. The van der Waals surface area contributed by atoms with Crippen molar-refractivity contribution in [2.75, 3.05) is 19.5 Å². The first kappa shape index (κ1) is 20.0. The van der Waals surface area contributed by atoms with Crippen LogP contribution in [-0.4, -0.2) is 35.9 Å². The summed E-state index contributed by atoms with van der Waals surface area (Å²) in [6, 6.07) is 6.99. The molecule has 1 heterocycles. The van der Waals surface area contributed by atoms with E-state index < -0.39 is 23.8 Å². The van der Waals surface area contributed by atoms with E-state index in [2.05, 4.69) is 19.9 Å². The van der Waals surface area contributed by atoms with Gasteiger partial charge in [0.1, 0.15) is 5.70 Å². The highest BCUT2D eigenvalue weighted by molar-refractivity contribution is 5.98. The molecule has 2 aromatic rings. The van der Waals surface area contributed by atoms with Crippen molar-refractivity contribution in [3.63, 3.8) is 0 Å². The third-order valence-corrected chi connectivity index (χ3v) is 3.44. The lowest BCUT2D eigenvalue weighted by Gasteiger charge is -2.10. The summed E-state index contributed by atoms with van der Waals surface area (Å²) in [6.07, 6.45) is -3.61. The van der Waals surface area contributed by atoms with Gasteiger partial charge in [0.15, 0.2) is 5.69 Å². The van der Waals surface area contributed by atoms with Crippen LogP contribution in [0, 0.1) is 6.92 Å². The number of ether oxygens (including phenoxy) is 2. The lowest BCUT2D eigenvalue weighted by molar-refractivity contribution is -0.141. The minimum absolute atomic E-state index is 0.160. The molecule has 0 saturated heterocycles. The molecule has 1 aromatic carbocycles. The van der Waals surface area contributed by atoms with Gasteiger partial charge >= 0.3 is 18.1 Å². The average molecular weight is 383 g/mol. The van der Waals surface area contributed by atoms with Crippen molar-refractivity contribution >= 4 is 17.6 Å². The number of anilines is 1. The van der Waals surface area contributed by atoms with Crippen molar-refractivity contribution in [1.29, 1.82) is 0 Å². The van der Waals surface area contributed by atoms with Gasteiger partial charge < -0.3 is 14.8 Å². The summed E-state index contributed by atoms with van der Waals surface area (Å²) < 4.78 is 48.5. The number of nitrogens with one attached hydrogen (secondary N) is 1. The van der Waals surface area contributed by atoms with Crippen molar-refractivity contribution < 1.29 is 32.2 Å². The first-order valence-electron chi connectivity index (χ1n) is 7.55. The zero-order valence-electron chi connectivity index (χ0n) is 14.6. The minimum Gasteiger partial charge on any atom is -0.466 e. The molecular formula is C17H16F3N3O4. The highest BCUT2D eigenvalue weighted by Crippen LogP contribution is 2.29. The van der Waals surface area contributed by atoms with Gasteiger partial charge in [-0.2, -0.15) is 18.3 Å². The van der Waals surface area contributed by atoms with Crippen LogP contribution in [0.2, 0.25) is 0 Å². The second-order valence-electron chi connectivity index (χ2n) is 5.33. The molecule has 0 unspecified atom stereocenters. The number of hydrogen-bond donors (Lipinski definition) is 1. The van der Waals surface area contributed by atoms with E-state index in [0.717, 1.165) is 31.0 Å². The predicted octanol–water partition coefficient (Wildman–Crippen LogP) is 2.84. The van der Waals surface area contributed by atoms with Crippen molar-refractivity contribution in [3.05, 3.63) is 53.5 Å². The van der Waals surface area contributed by atoms with E-state index in [1.807, 2.05) is 0 Å². The number of hydrogen-bond acceptors (Lipinski definition) is 6. The number of methoxy groups -OCH3 is 2. The molecule has 1 aromatic heterocycles. The van der Waals surface area contributed by atoms with Gasteiger partial charge in [-0.05, 0) is 37.3 Å². The number of aryl methyl sites for hydroxylation is 1. The predicted molar refractivity (Wildman–Crippen MR) is 89.0 cm³/mol. The summed E-state index contributed by atoms with van der Waals surface area (Å²) in [5.74, 6) is -1.55. The number of benzene rings is 1. The molecule has 27 heavy (non-hydrogen) atoms. The Kier molecular flexibility index (Phi) is 5.88. The Hall–Kier alpha value is -3.30. The maximum Gasteiger partial charge on any atom is 0.435 e. The number of nitrogens with zero attached hydrogens (tertiary/aromatic N) is 2. The Bertz CT molecular complexity index is 871. The SMILES string of the molecule is COC(=O)/C=C(/Nc1ccc(-n2nc(C(F)(F)F)cc2C)cc1)C(=O)OC. The van der Waals surface area contributed by atoms with E-state index in [4.69, 9.17) is 0 Å². The van der Waals surface area contributed by atoms with Crippen LogP contribution < -0.4 is 5.32 Å². The average Bonchev–Trinajstić information content (AvgIpc) is 3.03. The van der Waals surface area contributed by atoms with Crippen molar-refractivity contribution in [3.8, 4) is 5.69 Å². The fourth-order valence-electron chi connectivity index (χ4n) is 2.15. The fraction of sp³-hybridized carbons (Fsp3) is 0.235. The zero-order chi connectivity index (χ0) is 20.2. The third-order valence-electron chi connectivity index (χ3n) is 3.44. The van der Waals surface area contributed by atoms with E-state index >= 15 is 0 Å². The molecule has 0 saturated carbocycles. The van der Waals surface area contributed by atoms with E-state index in [1.54, 1.807) is 0 Å². The Labute approximate surface area is 152 Å². The second kappa shape index (κ2) is 7.94. The van der Waals surface area contributed by atoms with Crippen molar-refractivity contribution in [2.24, 2.45) is 0 Å². The second-order valence-corrected chi connectivity index (χ2v) is 5.33. The topological polar surface area (TPSA) is 82.5 Å². The molecule has 0 bridgehead atoms. The van der Waals surface area contributed by atoms with Crippen LogP contribution in [0.15, 0.2) is 42.1 Å². The van der Waals surface area contributed by atoms with Crippen LogP contribution >= 0.6 is 0 Å². The van der Waals surface area contributed by atoms with Gasteiger partial charge in [-0.1, -0.05) is 0 Å². The molecule has 0 amide bonds. The Morgan fingerprint density at radius 2 is 1.78 bits per heavy atom. The molecule has 7 nitrogen and oxygen atoms in total. The number of alkyl halides is 3. The monoisotopic (exact) mass is 383 g/mol. The highest BCUT2D eigenvalue weighted by Gasteiger charge is 2.34. The summed E-state index contributed by atoms with van der Waals surface area (Å²) in [5.41, 5.74) is -0.0444. The molecule has 0 spiro atoms. The maximum absolute atomic E-state index is 12.8. The molecule has 0 atom stereocenters. The standard InChI is InChI=1S/C17H16F3N3O4/c1-10-8-14(17(18,19)20)22-23(10)12-6-4-11(5-7-12)21-13(16(25)27-3)9-15(24)26-2/h4-9,21H,1-3H3/b13-9+. The zero-order valence-corrected chi connectivity index (χ0v) is 14.6. The van der Waals surface area contributed by atoms with Gasteiger partial charge in [0, 0.05) is 11.4 Å². The van der Waals surface area contributed by atoms with Gasteiger partial charge in [0.25, 0.3) is 0 Å². The van der Waals surface area contributed by atoms with Gasteiger partial charge in [-0.15, -0.1) is 0 Å². The molecule has 1 N–H and O–H groups in total. The van der Waals surface area contributed by atoms with E-state index in [9.17, 15) is 22.8 Å². The molecule has 10 heteroatoms. The number of esters is 2. The molecular weight excluding hydrogens is 367 g/mol. The molecule has 2 rings (SSSR count). The summed E-state index contributed by atoms with van der Waals surface area (Å²) in [5, 5.41) is 6.25. The first-order chi connectivity index (χ1) is 12.7. The van der Waals surface area contributed by atoms with E-state index in [0.29, 0.717) is 17.1 Å². The summed E-state index contributed by atoms with van der Waals surface area (Å²) in [4.78, 5) is 23.1. The Balaban J connectivity index is 2.27. The lowest BCUT2D eigenvalue weighted by Crippen LogP contribution is -2.15. The Morgan fingerprint density at radius 1 is 1.15 bits per heavy atom. The van der Waals surface area contributed by atoms with Crippen LogP contribution in [0.4, 0.5) is 18.9 Å². The number of aromatic nitrogens is 2. The number of halogens is 3. The summed E-state index contributed by atoms with van der Waals surface area (Å²) >= 11 is 0. The van der Waals surface area contributed by atoms with Crippen LogP contribution in [-0.2, 0) is 25.2 Å². The molecule has 0 aliphatic rings. The Morgan fingerprint density at radius 3 is 2.26 bits per heavy atom. The third kappa shape index (κ3) is 4.87. The molecule has 0 radical (unpaired) electrons. The van der Waals surface area contributed by atoms with E-state index in [-0.39, 0.29) is 5.70 Å². The van der Waals surface area contributed by atoms with Crippen LogP contribution in [0.1, 0.15) is 11.4 Å². The smallest absolute Gasteiger partial charge is 0.435 e. The number of rotatable bonds is 5. The molecule has 0 fully saturated rings. The van der Waals surface area contributed by atoms with Gasteiger partial charge in [0.2, 0.25) is 0 Å². The van der Waals surface area contributed by atoms with Gasteiger partial charge in [-0.25, -0.2) is 14.3 Å². The van der Waals surface area contributed by atoms with E-state index in [1.165, 1.54) is 31.2 Å². The quantitative estimate of drug-likeness (QED) is 0.632. The first-order valence-corrected chi connectivity index (χ1v) is 7.55. The molecule has 144 valence electrons. The lowest BCUT2D eigenvalue weighted by atomic mass is 10.2. The van der Waals surface area contributed by atoms with Gasteiger partial charge in [-0.3, -0.25) is 0 Å². The summed E-state index contributed by atoms with van der Waals surface area (Å²) in [6.45, 7) is 1.50. The minimum atomic E-state index is -4.54.